The Morgan fingerprint density at radius 2 is 1.85 bits per heavy atom. The molecule has 0 unspecified atom stereocenters. The van der Waals surface area contributed by atoms with Gasteiger partial charge in [-0.05, 0) is 55.6 Å². The summed E-state index contributed by atoms with van der Waals surface area (Å²) in [5.41, 5.74) is 1.62. The molecule has 10 nitrogen and oxygen atoms in total. The maximum absolute atomic E-state index is 13.4. The maximum Gasteiger partial charge on any atom is 0.261 e. The molecule has 0 aliphatic carbocycles. The van der Waals surface area contributed by atoms with Crippen molar-refractivity contribution in [3.8, 4) is 5.75 Å². The van der Waals surface area contributed by atoms with Crippen LogP contribution in [0.3, 0.4) is 0 Å². The highest BCUT2D eigenvalue weighted by atomic mass is 32.2. The van der Waals surface area contributed by atoms with Crippen LogP contribution in [0.25, 0.3) is 0 Å². The Labute approximate surface area is 245 Å². The molecule has 0 radical (unpaired) electrons. The molecule has 0 saturated heterocycles. The van der Waals surface area contributed by atoms with Crippen molar-refractivity contribution in [1.82, 2.24) is 9.21 Å². The first-order chi connectivity index (χ1) is 19.3. The second-order valence-corrected chi connectivity index (χ2v) is 15.2. The number of sulfonamides is 2. The van der Waals surface area contributed by atoms with Crippen LogP contribution in [0.4, 0.5) is 5.69 Å². The number of carbonyl (C=O) groups excluding carboxylic acids is 1. The lowest BCUT2D eigenvalue weighted by molar-refractivity contribution is -0.134. The summed E-state index contributed by atoms with van der Waals surface area (Å²) in [5.74, 6) is -0.212. The lowest BCUT2D eigenvalue weighted by atomic mass is 10.0. The molecule has 1 aliphatic heterocycles. The van der Waals surface area contributed by atoms with Gasteiger partial charge in [0.05, 0.1) is 30.5 Å². The minimum absolute atomic E-state index is 0.0121. The van der Waals surface area contributed by atoms with E-state index in [1.807, 2.05) is 13.8 Å². The smallest absolute Gasteiger partial charge is 0.261 e. The van der Waals surface area contributed by atoms with E-state index in [4.69, 9.17) is 4.74 Å². The molecule has 0 bridgehead atoms. The van der Waals surface area contributed by atoms with Gasteiger partial charge in [0, 0.05) is 30.8 Å². The van der Waals surface area contributed by atoms with Gasteiger partial charge in [-0.25, -0.2) is 16.8 Å². The van der Waals surface area contributed by atoms with Crippen LogP contribution in [0.1, 0.15) is 25.0 Å². The molecule has 3 aromatic rings. The van der Waals surface area contributed by atoms with E-state index >= 15 is 0 Å². The minimum atomic E-state index is -3.89. The number of ether oxygens (including phenoxy) is 1. The first-order valence-electron chi connectivity index (χ1n) is 13.1. The summed E-state index contributed by atoms with van der Waals surface area (Å²) in [7, 11) is -6.15. The van der Waals surface area contributed by atoms with Crippen molar-refractivity contribution in [3.05, 3.63) is 71.1 Å². The number of aliphatic hydroxyl groups is 1. The van der Waals surface area contributed by atoms with Crippen LogP contribution in [-0.2, 0) is 31.3 Å². The number of hydrogen-bond acceptors (Lipinski definition) is 8. The number of nitrogens with one attached hydrogen (secondary N) is 1. The lowest BCUT2D eigenvalue weighted by Crippen LogP contribution is -2.48. The van der Waals surface area contributed by atoms with Crippen molar-refractivity contribution in [2.45, 2.75) is 48.4 Å². The molecule has 4 rings (SSSR count). The largest absolute Gasteiger partial charge is 0.488 e. The number of aliphatic hydroxyl groups excluding tert-OH is 1. The topological polar surface area (TPSA) is 133 Å². The minimum Gasteiger partial charge on any atom is -0.488 e. The fourth-order valence-corrected chi connectivity index (χ4v) is 7.99. The van der Waals surface area contributed by atoms with Gasteiger partial charge in [-0.15, -0.1) is 11.3 Å². The molecule has 3 atom stereocenters. The monoisotopic (exact) mass is 621 g/mol. The molecule has 41 heavy (non-hydrogen) atoms. The van der Waals surface area contributed by atoms with Gasteiger partial charge >= 0.3 is 0 Å². The van der Waals surface area contributed by atoms with Gasteiger partial charge in [0.2, 0.25) is 5.91 Å². The van der Waals surface area contributed by atoms with E-state index in [1.165, 1.54) is 23.5 Å². The highest BCUT2D eigenvalue weighted by molar-refractivity contribution is 7.92. The zero-order valence-corrected chi connectivity index (χ0v) is 25.8. The summed E-state index contributed by atoms with van der Waals surface area (Å²) in [4.78, 5) is 15.1. The fraction of sp³-hybridized carbons (Fsp3) is 0.393. The number of fused-ring (bicyclic) bond motifs is 1. The van der Waals surface area contributed by atoms with Gasteiger partial charge in [0.1, 0.15) is 16.1 Å². The molecule has 1 aliphatic rings. The normalized spacial score (nSPS) is 19.1. The molecule has 0 spiro atoms. The fourth-order valence-electron chi connectivity index (χ4n) is 4.56. The Morgan fingerprint density at radius 1 is 1.15 bits per heavy atom. The lowest BCUT2D eigenvalue weighted by Gasteiger charge is -2.33. The number of likely N-dealkylation sites (N-methyl/N-ethyl adjacent to an activating group) is 1. The number of rotatable bonds is 9. The van der Waals surface area contributed by atoms with E-state index in [2.05, 4.69) is 4.72 Å². The van der Waals surface area contributed by atoms with Gasteiger partial charge in [-0.1, -0.05) is 30.7 Å². The highest BCUT2D eigenvalue weighted by Crippen LogP contribution is 2.31. The van der Waals surface area contributed by atoms with E-state index in [0.29, 0.717) is 11.3 Å². The van der Waals surface area contributed by atoms with Crippen molar-refractivity contribution in [1.29, 1.82) is 0 Å². The third-order valence-electron chi connectivity index (χ3n) is 7.10. The van der Waals surface area contributed by atoms with E-state index < -0.39 is 32.2 Å². The predicted molar refractivity (Wildman–Crippen MR) is 158 cm³/mol. The van der Waals surface area contributed by atoms with Gasteiger partial charge in [0.15, 0.2) is 0 Å². The standard InChI is InChI=1S/C28H35N3O7S3/c1-19-7-10-24(11-8-19)40(34,35)29-23-9-12-25-22(14-23)15-27(33)31(21(3)18-32)16-20(2)26(38-25)17-30(4)41(36,37)28-6-5-13-39-28/h5-14,20-21,26,29,32H,15-18H2,1-4H3/t20-,21-,26+/m1/s1. The molecule has 2 N–H and O–H groups in total. The predicted octanol–water partition coefficient (Wildman–Crippen LogP) is 3.33. The zero-order valence-electron chi connectivity index (χ0n) is 23.3. The van der Waals surface area contributed by atoms with E-state index in [9.17, 15) is 26.7 Å². The van der Waals surface area contributed by atoms with Gasteiger partial charge in [0.25, 0.3) is 20.0 Å². The summed E-state index contributed by atoms with van der Waals surface area (Å²) < 4.78 is 62.7. The average Bonchev–Trinajstić information content (AvgIpc) is 3.48. The number of aryl methyl sites for hydroxylation is 1. The van der Waals surface area contributed by atoms with Crippen molar-refractivity contribution in [3.63, 3.8) is 0 Å². The number of benzene rings is 2. The van der Waals surface area contributed by atoms with E-state index in [0.717, 1.165) is 16.9 Å². The van der Waals surface area contributed by atoms with Crippen LogP contribution in [0.15, 0.2) is 69.1 Å². The van der Waals surface area contributed by atoms with E-state index in [1.54, 1.807) is 59.7 Å². The molecule has 0 saturated carbocycles. The maximum atomic E-state index is 13.4. The summed E-state index contributed by atoms with van der Waals surface area (Å²) >= 11 is 1.13. The van der Waals surface area contributed by atoms with Crippen molar-refractivity contribution < 1.29 is 31.5 Å². The van der Waals surface area contributed by atoms with Crippen molar-refractivity contribution in [2.75, 3.05) is 31.5 Å². The summed E-state index contributed by atoms with van der Waals surface area (Å²) in [6.45, 7) is 5.47. The van der Waals surface area contributed by atoms with Crippen molar-refractivity contribution >= 4 is 43.0 Å². The Hall–Kier alpha value is -2.97. The molecular weight excluding hydrogens is 587 g/mol. The number of carbonyl (C=O) groups is 1. The number of hydrogen-bond donors (Lipinski definition) is 2. The highest BCUT2D eigenvalue weighted by Gasteiger charge is 2.34. The van der Waals surface area contributed by atoms with Crippen LogP contribution in [0.5, 0.6) is 5.75 Å². The van der Waals surface area contributed by atoms with Crippen LogP contribution in [-0.4, -0.2) is 75.9 Å². The molecule has 2 aromatic carbocycles. The first-order valence-corrected chi connectivity index (χ1v) is 16.9. The quantitative estimate of drug-likeness (QED) is 0.375. The third-order valence-corrected chi connectivity index (χ3v) is 11.7. The second-order valence-electron chi connectivity index (χ2n) is 10.3. The van der Waals surface area contributed by atoms with E-state index in [-0.39, 0.29) is 52.7 Å². The molecule has 1 amide bonds. The molecule has 1 aromatic heterocycles. The molecular formula is C28H35N3O7S3. The SMILES string of the molecule is Cc1ccc(S(=O)(=O)Nc2ccc3c(c2)CC(=O)N([C@H](C)CO)C[C@@H](C)[C@H](CN(C)S(=O)(=O)c2cccs2)O3)cc1. The summed E-state index contributed by atoms with van der Waals surface area (Å²) in [6.07, 6.45) is -0.745. The van der Waals surface area contributed by atoms with Crippen molar-refractivity contribution in [2.24, 2.45) is 5.92 Å². The molecule has 13 heteroatoms. The Kier molecular flexibility index (Phi) is 9.44. The number of amides is 1. The Balaban J connectivity index is 1.68. The van der Waals surface area contributed by atoms with Gasteiger partial charge < -0.3 is 14.7 Å². The zero-order chi connectivity index (χ0) is 29.9. The van der Waals surface area contributed by atoms with Crippen LogP contribution >= 0.6 is 11.3 Å². The third kappa shape index (κ3) is 7.09. The Bertz CT molecular complexity index is 1570. The number of nitrogens with zero attached hydrogens (tertiary/aromatic N) is 2. The number of thiophene rings is 1. The second kappa shape index (κ2) is 12.5. The number of anilines is 1. The molecule has 0 fully saturated rings. The Morgan fingerprint density at radius 3 is 2.49 bits per heavy atom. The molecule has 2 heterocycles. The summed E-state index contributed by atoms with van der Waals surface area (Å²) in [5, 5.41) is 11.5. The van der Waals surface area contributed by atoms with Crippen LogP contribution in [0, 0.1) is 12.8 Å². The van der Waals surface area contributed by atoms with Crippen LogP contribution in [0.2, 0.25) is 0 Å². The average molecular weight is 622 g/mol. The van der Waals surface area contributed by atoms with Gasteiger partial charge in [-0.2, -0.15) is 4.31 Å². The first kappa shape index (κ1) is 31.0. The summed E-state index contributed by atoms with van der Waals surface area (Å²) in [6, 6.07) is 13.9. The van der Waals surface area contributed by atoms with Gasteiger partial charge in [-0.3, -0.25) is 9.52 Å². The molecule has 222 valence electrons. The van der Waals surface area contributed by atoms with Crippen LogP contribution < -0.4 is 9.46 Å².